The van der Waals surface area contributed by atoms with Gasteiger partial charge in [0.05, 0.1) is 0 Å². The van der Waals surface area contributed by atoms with E-state index in [4.69, 9.17) is 0 Å². The number of benzene rings is 1. The summed E-state index contributed by atoms with van der Waals surface area (Å²) in [7, 11) is 0. The van der Waals surface area contributed by atoms with Crippen molar-refractivity contribution in [2.75, 3.05) is 13.1 Å². The zero-order valence-corrected chi connectivity index (χ0v) is 8.26. The zero-order valence-electron chi connectivity index (χ0n) is 8.26. The standard InChI is InChI=1S/C13H15N/c1-3-7-13(8-4-1)9-12-14-10-5-2-6-11-14/h1-8,10H,9,11-12H2. The molecule has 0 amide bonds. The van der Waals surface area contributed by atoms with Gasteiger partial charge in [0.15, 0.2) is 0 Å². The Balaban J connectivity index is 1.83. The van der Waals surface area contributed by atoms with Crippen LogP contribution in [0.4, 0.5) is 0 Å². The minimum absolute atomic E-state index is 1.04. The topological polar surface area (TPSA) is 3.24 Å². The summed E-state index contributed by atoms with van der Waals surface area (Å²) in [5, 5.41) is 0. The number of allylic oxidation sites excluding steroid dienone is 2. The summed E-state index contributed by atoms with van der Waals surface area (Å²) < 4.78 is 0. The Bertz CT molecular complexity index is 324. The highest BCUT2D eigenvalue weighted by Gasteiger charge is 1.99. The first-order valence-corrected chi connectivity index (χ1v) is 5.06. The SMILES string of the molecule is C1=CCN(CCc2ccccc2)C=C1. The molecular weight excluding hydrogens is 170 g/mol. The molecule has 0 aliphatic carbocycles. The van der Waals surface area contributed by atoms with Crippen LogP contribution in [0.5, 0.6) is 0 Å². The number of nitrogens with zero attached hydrogens (tertiary/aromatic N) is 1. The zero-order chi connectivity index (χ0) is 9.64. The molecule has 0 radical (unpaired) electrons. The lowest BCUT2D eigenvalue weighted by Crippen LogP contribution is -2.21. The van der Waals surface area contributed by atoms with Crippen LogP contribution in [0, 0.1) is 0 Å². The van der Waals surface area contributed by atoms with Crippen LogP contribution in [0.2, 0.25) is 0 Å². The third-order valence-corrected chi connectivity index (χ3v) is 2.41. The molecule has 1 aromatic rings. The van der Waals surface area contributed by atoms with Crippen molar-refractivity contribution < 1.29 is 0 Å². The van der Waals surface area contributed by atoms with Crippen LogP contribution in [0.25, 0.3) is 0 Å². The molecule has 0 atom stereocenters. The van der Waals surface area contributed by atoms with Crippen LogP contribution in [0.15, 0.2) is 54.8 Å². The van der Waals surface area contributed by atoms with Crippen molar-refractivity contribution in [1.82, 2.24) is 4.90 Å². The highest BCUT2D eigenvalue weighted by molar-refractivity contribution is 5.15. The fourth-order valence-electron chi connectivity index (χ4n) is 1.59. The Kier molecular flexibility index (Phi) is 3.02. The Labute approximate surface area is 85.4 Å². The van der Waals surface area contributed by atoms with E-state index in [0.717, 1.165) is 19.5 Å². The molecule has 1 heteroatoms. The van der Waals surface area contributed by atoms with Gasteiger partial charge >= 0.3 is 0 Å². The lowest BCUT2D eigenvalue weighted by molar-refractivity contribution is 0.416. The molecular formula is C13H15N. The maximum atomic E-state index is 2.33. The van der Waals surface area contributed by atoms with Gasteiger partial charge in [-0.05, 0) is 24.3 Å². The van der Waals surface area contributed by atoms with E-state index < -0.39 is 0 Å². The first kappa shape index (κ1) is 9.07. The molecule has 14 heavy (non-hydrogen) atoms. The Morgan fingerprint density at radius 1 is 1.07 bits per heavy atom. The van der Waals surface area contributed by atoms with Gasteiger partial charge < -0.3 is 4.90 Å². The van der Waals surface area contributed by atoms with Crippen LogP contribution in [-0.4, -0.2) is 18.0 Å². The lowest BCUT2D eigenvalue weighted by atomic mass is 10.1. The van der Waals surface area contributed by atoms with Gasteiger partial charge in [-0.2, -0.15) is 0 Å². The minimum Gasteiger partial charge on any atom is -0.373 e. The summed E-state index contributed by atoms with van der Waals surface area (Å²) in [4.78, 5) is 2.33. The molecule has 1 nitrogen and oxygen atoms in total. The van der Waals surface area contributed by atoms with Crippen molar-refractivity contribution in [3.05, 3.63) is 60.3 Å². The van der Waals surface area contributed by atoms with Gasteiger partial charge in [-0.1, -0.05) is 42.5 Å². The maximum absolute atomic E-state index is 2.33. The van der Waals surface area contributed by atoms with Gasteiger partial charge in [-0.25, -0.2) is 0 Å². The van der Waals surface area contributed by atoms with Crippen molar-refractivity contribution >= 4 is 0 Å². The van der Waals surface area contributed by atoms with Gasteiger partial charge in [0.2, 0.25) is 0 Å². The fourth-order valence-corrected chi connectivity index (χ4v) is 1.59. The molecule has 1 aliphatic rings. The number of hydrogen-bond donors (Lipinski definition) is 0. The summed E-state index contributed by atoms with van der Waals surface area (Å²) >= 11 is 0. The molecule has 0 saturated heterocycles. The molecule has 0 unspecified atom stereocenters. The molecule has 0 saturated carbocycles. The van der Waals surface area contributed by atoms with Gasteiger partial charge in [0, 0.05) is 13.1 Å². The van der Waals surface area contributed by atoms with Crippen molar-refractivity contribution in [1.29, 1.82) is 0 Å². The molecule has 1 aromatic carbocycles. The fraction of sp³-hybridized carbons (Fsp3) is 0.231. The summed E-state index contributed by atoms with van der Waals surface area (Å²) in [5.41, 5.74) is 1.41. The van der Waals surface area contributed by atoms with E-state index in [0.29, 0.717) is 0 Å². The first-order valence-electron chi connectivity index (χ1n) is 5.06. The van der Waals surface area contributed by atoms with Crippen molar-refractivity contribution in [3.8, 4) is 0 Å². The Morgan fingerprint density at radius 3 is 2.64 bits per heavy atom. The molecule has 0 bridgehead atoms. The molecule has 0 N–H and O–H groups in total. The van der Waals surface area contributed by atoms with Crippen LogP contribution in [0.1, 0.15) is 5.56 Å². The van der Waals surface area contributed by atoms with E-state index >= 15 is 0 Å². The normalized spacial score (nSPS) is 14.7. The van der Waals surface area contributed by atoms with E-state index in [1.807, 2.05) is 0 Å². The van der Waals surface area contributed by atoms with Crippen LogP contribution in [-0.2, 0) is 6.42 Å². The Morgan fingerprint density at radius 2 is 1.93 bits per heavy atom. The first-order chi connectivity index (χ1) is 6.95. The lowest BCUT2D eigenvalue weighted by Gasteiger charge is -2.20. The van der Waals surface area contributed by atoms with E-state index in [1.165, 1.54) is 5.56 Å². The summed E-state index contributed by atoms with van der Waals surface area (Å²) in [5.74, 6) is 0. The van der Waals surface area contributed by atoms with Gasteiger partial charge in [-0.15, -0.1) is 0 Å². The second-order valence-corrected chi connectivity index (χ2v) is 3.50. The second-order valence-electron chi connectivity index (χ2n) is 3.50. The quantitative estimate of drug-likeness (QED) is 0.699. The number of rotatable bonds is 3. The number of hydrogen-bond acceptors (Lipinski definition) is 1. The maximum Gasteiger partial charge on any atom is 0.0357 e. The summed E-state index contributed by atoms with van der Waals surface area (Å²) in [6, 6.07) is 10.6. The minimum atomic E-state index is 1.04. The predicted molar refractivity (Wildman–Crippen MR) is 60.0 cm³/mol. The highest BCUT2D eigenvalue weighted by Crippen LogP contribution is 2.03. The van der Waals surface area contributed by atoms with Crippen LogP contribution < -0.4 is 0 Å². The van der Waals surface area contributed by atoms with E-state index in [9.17, 15) is 0 Å². The van der Waals surface area contributed by atoms with Crippen LogP contribution >= 0.6 is 0 Å². The highest BCUT2D eigenvalue weighted by atomic mass is 15.1. The molecule has 1 heterocycles. The third-order valence-electron chi connectivity index (χ3n) is 2.41. The third kappa shape index (κ3) is 2.49. The Hall–Kier alpha value is -1.50. The van der Waals surface area contributed by atoms with Gasteiger partial charge in [-0.3, -0.25) is 0 Å². The summed E-state index contributed by atoms with van der Waals surface area (Å²) in [6.45, 7) is 2.15. The van der Waals surface area contributed by atoms with Crippen molar-refractivity contribution in [2.45, 2.75) is 6.42 Å². The molecule has 72 valence electrons. The van der Waals surface area contributed by atoms with E-state index in [-0.39, 0.29) is 0 Å². The second kappa shape index (κ2) is 4.66. The molecule has 1 aliphatic heterocycles. The largest absolute Gasteiger partial charge is 0.373 e. The van der Waals surface area contributed by atoms with Gasteiger partial charge in [0.1, 0.15) is 0 Å². The average Bonchev–Trinajstić information content (AvgIpc) is 2.29. The summed E-state index contributed by atoms with van der Waals surface area (Å²) in [6.07, 6.45) is 9.65. The molecule has 0 aromatic heterocycles. The molecule has 0 fully saturated rings. The van der Waals surface area contributed by atoms with E-state index in [2.05, 4.69) is 59.7 Å². The monoisotopic (exact) mass is 185 g/mol. The van der Waals surface area contributed by atoms with E-state index in [1.54, 1.807) is 0 Å². The molecule has 0 spiro atoms. The van der Waals surface area contributed by atoms with Crippen molar-refractivity contribution in [2.24, 2.45) is 0 Å². The molecule has 2 rings (SSSR count). The van der Waals surface area contributed by atoms with Crippen LogP contribution in [0.3, 0.4) is 0 Å². The predicted octanol–water partition coefficient (Wildman–Crippen LogP) is 2.61. The average molecular weight is 185 g/mol. The van der Waals surface area contributed by atoms with Gasteiger partial charge in [0.25, 0.3) is 0 Å². The van der Waals surface area contributed by atoms with Crippen molar-refractivity contribution in [3.63, 3.8) is 0 Å². The smallest absolute Gasteiger partial charge is 0.0357 e.